The Balaban J connectivity index is 2.19. The van der Waals surface area contributed by atoms with Crippen LogP contribution in [0.1, 0.15) is 5.56 Å². The molecule has 3 heterocycles. The van der Waals surface area contributed by atoms with Crippen molar-refractivity contribution in [1.82, 2.24) is 14.6 Å². The molecule has 0 atom stereocenters. The second kappa shape index (κ2) is 3.97. The molecule has 17 heavy (non-hydrogen) atoms. The van der Waals surface area contributed by atoms with Crippen molar-refractivity contribution in [2.24, 2.45) is 5.73 Å². The predicted molar refractivity (Wildman–Crippen MR) is 66.3 cm³/mol. The molecular weight excluding hydrogens is 284 g/mol. The molecule has 0 aliphatic heterocycles. The van der Waals surface area contributed by atoms with Crippen LogP contribution in [-0.2, 0) is 6.54 Å². The van der Waals surface area contributed by atoms with E-state index in [1.165, 1.54) is 0 Å². The SMILES string of the molecule is NCc1cccn2nc(-c3ccc(Br)o3)nc12. The first kappa shape index (κ1) is 10.5. The number of nitrogens with zero attached hydrogens (tertiary/aromatic N) is 3. The largest absolute Gasteiger partial charge is 0.446 e. The van der Waals surface area contributed by atoms with Crippen LogP contribution in [0.4, 0.5) is 0 Å². The molecule has 3 aromatic rings. The second-order valence-corrected chi connectivity index (χ2v) is 4.33. The average Bonchev–Trinajstić information content (AvgIpc) is 2.93. The lowest BCUT2D eigenvalue weighted by Crippen LogP contribution is -1.99. The number of halogens is 1. The summed E-state index contributed by atoms with van der Waals surface area (Å²) in [7, 11) is 0. The van der Waals surface area contributed by atoms with Gasteiger partial charge in [0, 0.05) is 18.3 Å². The van der Waals surface area contributed by atoms with E-state index in [0.717, 1.165) is 11.2 Å². The summed E-state index contributed by atoms with van der Waals surface area (Å²) < 4.78 is 7.78. The number of fused-ring (bicyclic) bond motifs is 1. The van der Waals surface area contributed by atoms with Crippen LogP contribution >= 0.6 is 15.9 Å². The fraction of sp³-hybridized carbons (Fsp3) is 0.0909. The number of rotatable bonds is 2. The summed E-state index contributed by atoms with van der Waals surface area (Å²) in [6.07, 6.45) is 1.84. The van der Waals surface area contributed by atoms with Crippen LogP contribution in [0.5, 0.6) is 0 Å². The fourth-order valence-corrected chi connectivity index (χ4v) is 1.97. The Bertz CT molecular complexity index is 673. The normalized spacial score (nSPS) is 11.2. The Morgan fingerprint density at radius 1 is 1.35 bits per heavy atom. The van der Waals surface area contributed by atoms with Gasteiger partial charge in [0.05, 0.1) is 0 Å². The van der Waals surface area contributed by atoms with Crippen LogP contribution in [0.3, 0.4) is 0 Å². The Morgan fingerprint density at radius 2 is 2.24 bits per heavy atom. The van der Waals surface area contributed by atoms with Crippen LogP contribution in [0.2, 0.25) is 0 Å². The summed E-state index contributed by atoms with van der Waals surface area (Å²) in [4.78, 5) is 4.42. The summed E-state index contributed by atoms with van der Waals surface area (Å²) in [5, 5.41) is 4.34. The molecule has 0 radical (unpaired) electrons. The molecule has 3 rings (SSSR count). The van der Waals surface area contributed by atoms with Gasteiger partial charge in [0.2, 0.25) is 5.82 Å². The van der Waals surface area contributed by atoms with Gasteiger partial charge in [-0.1, -0.05) is 6.07 Å². The topological polar surface area (TPSA) is 69.3 Å². The molecule has 0 aromatic carbocycles. The maximum Gasteiger partial charge on any atom is 0.217 e. The average molecular weight is 293 g/mol. The summed E-state index contributed by atoms with van der Waals surface area (Å²) in [6.45, 7) is 0.435. The fourth-order valence-electron chi connectivity index (χ4n) is 1.66. The highest BCUT2D eigenvalue weighted by Gasteiger charge is 2.11. The summed E-state index contributed by atoms with van der Waals surface area (Å²) in [5.41, 5.74) is 7.37. The van der Waals surface area contributed by atoms with Gasteiger partial charge in [-0.2, -0.15) is 0 Å². The molecule has 2 N–H and O–H groups in total. The molecule has 0 bridgehead atoms. The molecule has 0 spiro atoms. The Hall–Kier alpha value is -1.66. The van der Waals surface area contributed by atoms with E-state index >= 15 is 0 Å². The maximum atomic E-state index is 5.66. The van der Waals surface area contributed by atoms with E-state index in [4.69, 9.17) is 10.2 Å². The van der Waals surface area contributed by atoms with E-state index in [1.54, 1.807) is 4.52 Å². The van der Waals surface area contributed by atoms with Crippen molar-refractivity contribution in [3.05, 3.63) is 40.7 Å². The number of furan rings is 1. The standard InChI is InChI=1S/C11H9BrN4O/c12-9-4-3-8(17-9)10-14-11-7(6-13)2-1-5-16(11)15-10/h1-5H,6,13H2. The lowest BCUT2D eigenvalue weighted by molar-refractivity contribution is 0.551. The smallest absolute Gasteiger partial charge is 0.217 e. The first-order chi connectivity index (χ1) is 8.28. The molecule has 0 aliphatic carbocycles. The minimum atomic E-state index is 0.435. The van der Waals surface area contributed by atoms with Crippen molar-refractivity contribution in [3.8, 4) is 11.6 Å². The van der Waals surface area contributed by atoms with Crippen LogP contribution in [-0.4, -0.2) is 14.6 Å². The third-order valence-electron chi connectivity index (χ3n) is 2.46. The van der Waals surface area contributed by atoms with Gasteiger partial charge < -0.3 is 10.2 Å². The molecule has 0 unspecified atom stereocenters. The number of aromatic nitrogens is 3. The van der Waals surface area contributed by atoms with E-state index in [9.17, 15) is 0 Å². The summed E-state index contributed by atoms with van der Waals surface area (Å²) in [6, 6.07) is 7.46. The van der Waals surface area contributed by atoms with E-state index in [2.05, 4.69) is 26.0 Å². The van der Waals surface area contributed by atoms with Crippen molar-refractivity contribution in [1.29, 1.82) is 0 Å². The molecule has 0 aliphatic rings. The lowest BCUT2D eigenvalue weighted by Gasteiger charge is -1.96. The first-order valence-corrected chi connectivity index (χ1v) is 5.87. The Labute approximate surface area is 105 Å². The van der Waals surface area contributed by atoms with Crippen LogP contribution in [0.15, 0.2) is 39.5 Å². The van der Waals surface area contributed by atoms with Gasteiger partial charge in [-0.3, -0.25) is 0 Å². The summed E-state index contributed by atoms with van der Waals surface area (Å²) in [5.74, 6) is 1.18. The van der Waals surface area contributed by atoms with E-state index in [-0.39, 0.29) is 0 Å². The van der Waals surface area contributed by atoms with Gasteiger partial charge in [-0.05, 0) is 34.1 Å². The van der Waals surface area contributed by atoms with Gasteiger partial charge in [0.15, 0.2) is 16.1 Å². The third kappa shape index (κ3) is 1.75. The highest BCUT2D eigenvalue weighted by atomic mass is 79.9. The highest BCUT2D eigenvalue weighted by molar-refractivity contribution is 9.10. The number of hydrogen-bond acceptors (Lipinski definition) is 4. The minimum absolute atomic E-state index is 0.435. The van der Waals surface area contributed by atoms with Crippen molar-refractivity contribution in [3.63, 3.8) is 0 Å². The van der Waals surface area contributed by atoms with Crippen LogP contribution < -0.4 is 5.73 Å². The first-order valence-electron chi connectivity index (χ1n) is 5.08. The van der Waals surface area contributed by atoms with Crippen molar-refractivity contribution in [2.45, 2.75) is 6.54 Å². The molecule has 0 saturated heterocycles. The molecule has 3 aromatic heterocycles. The van der Waals surface area contributed by atoms with Crippen molar-refractivity contribution >= 4 is 21.6 Å². The monoisotopic (exact) mass is 292 g/mol. The molecule has 0 saturated carbocycles. The predicted octanol–water partition coefficient (Wildman–Crippen LogP) is 2.21. The minimum Gasteiger partial charge on any atom is -0.446 e. The number of nitrogens with two attached hydrogens (primary N) is 1. The van der Waals surface area contributed by atoms with Gasteiger partial charge in [-0.25, -0.2) is 9.50 Å². The lowest BCUT2D eigenvalue weighted by atomic mass is 10.3. The van der Waals surface area contributed by atoms with Crippen molar-refractivity contribution < 1.29 is 4.42 Å². The van der Waals surface area contributed by atoms with E-state index in [1.807, 2.05) is 30.5 Å². The maximum absolute atomic E-state index is 5.66. The van der Waals surface area contributed by atoms with E-state index < -0.39 is 0 Å². The highest BCUT2D eigenvalue weighted by Crippen LogP contribution is 2.23. The third-order valence-corrected chi connectivity index (χ3v) is 2.88. The molecule has 0 fully saturated rings. The van der Waals surface area contributed by atoms with Gasteiger partial charge in [0.1, 0.15) is 0 Å². The quantitative estimate of drug-likeness (QED) is 0.786. The number of pyridine rings is 1. The van der Waals surface area contributed by atoms with Crippen molar-refractivity contribution in [2.75, 3.05) is 0 Å². The Morgan fingerprint density at radius 3 is 2.94 bits per heavy atom. The second-order valence-electron chi connectivity index (χ2n) is 3.54. The molecular formula is C11H9BrN4O. The van der Waals surface area contributed by atoms with Gasteiger partial charge in [-0.15, -0.1) is 5.10 Å². The summed E-state index contributed by atoms with van der Waals surface area (Å²) >= 11 is 3.25. The number of hydrogen-bond donors (Lipinski definition) is 1. The Kier molecular flexibility index (Phi) is 2.45. The van der Waals surface area contributed by atoms with Gasteiger partial charge >= 0.3 is 0 Å². The molecule has 5 nitrogen and oxygen atoms in total. The molecule has 6 heteroatoms. The zero-order chi connectivity index (χ0) is 11.8. The van der Waals surface area contributed by atoms with Crippen LogP contribution in [0, 0.1) is 0 Å². The molecule has 0 amide bonds. The van der Waals surface area contributed by atoms with Gasteiger partial charge in [0.25, 0.3) is 0 Å². The zero-order valence-corrected chi connectivity index (χ0v) is 10.4. The van der Waals surface area contributed by atoms with E-state index in [0.29, 0.717) is 22.8 Å². The zero-order valence-electron chi connectivity index (χ0n) is 8.80. The van der Waals surface area contributed by atoms with Crippen LogP contribution in [0.25, 0.3) is 17.2 Å². The molecule has 86 valence electrons.